The molecule has 0 N–H and O–H groups in total. The molecule has 1 aliphatic rings. The van der Waals surface area contributed by atoms with Crippen molar-refractivity contribution in [2.75, 3.05) is 20.3 Å². The van der Waals surface area contributed by atoms with Crippen LogP contribution in [0.25, 0.3) is 11.2 Å². The Morgan fingerprint density at radius 2 is 2.42 bits per heavy atom. The van der Waals surface area contributed by atoms with Crippen molar-refractivity contribution in [2.24, 2.45) is 0 Å². The zero-order valence-electron chi connectivity index (χ0n) is 10.7. The number of rotatable bonds is 3. The average molecular weight is 283 g/mol. The molecule has 0 bridgehead atoms. The Balaban J connectivity index is 2.15. The van der Waals surface area contributed by atoms with E-state index in [1.54, 1.807) is 7.11 Å². The predicted molar refractivity (Wildman–Crippen MR) is 70.5 cm³/mol. The topological polar surface area (TPSA) is 62.1 Å². The van der Waals surface area contributed by atoms with Gasteiger partial charge in [-0.3, -0.25) is 0 Å². The third-order valence-electron chi connectivity index (χ3n) is 3.33. The summed E-state index contributed by atoms with van der Waals surface area (Å²) in [5.74, 6) is 1.59. The summed E-state index contributed by atoms with van der Waals surface area (Å²) < 4.78 is 12.8. The average Bonchev–Trinajstić information content (AvgIpc) is 2.86. The SMILES string of the molecule is COc1ncnc2c1nc(CCl)n2C1CCCOC1. The number of imidazole rings is 1. The maximum Gasteiger partial charge on any atom is 0.245 e. The highest BCUT2D eigenvalue weighted by Gasteiger charge is 2.24. The highest BCUT2D eigenvalue weighted by Crippen LogP contribution is 2.29. The number of methoxy groups -OCH3 is 1. The Bertz CT molecular complexity index is 580. The fourth-order valence-electron chi connectivity index (χ4n) is 2.49. The van der Waals surface area contributed by atoms with Crippen LogP contribution in [0.15, 0.2) is 6.33 Å². The molecule has 19 heavy (non-hydrogen) atoms. The summed E-state index contributed by atoms with van der Waals surface area (Å²) in [7, 11) is 1.57. The molecule has 0 aromatic carbocycles. The van der Waals surface area contributed by atoms with Crippen LogP contribution in [-0.4, -0.2) is 39.8 Å². The van der Waals surface area contributed by atoms with Gasteiger partial charge in [-0.1, -0.05) is 0 Å². The van der Waals surface area contributed by atoms with Gasteiger partial charge in [0.25, 0.3) is 0 Å². The molecule has 1 atom stereocenters. The van der Waals surface area contributed by atoms with E-state index in [4.69, 9.17) is 21.1 Å². The smallest absolute Gasteiger partial charge is 0.245 e. The van der Waals surface area contributed by atoms with Gasteiger partial charge in [-0.2, -0.15) is 4.98 Å². The van der Waals surface area contributed by atoms with E-state index in [0.29, 0.717) is 23.9 Å². The second-order valence-corrected chi connectivity index (χ2v) is 4.73. The number of ether oxygens (including phenoxy) is 2. The fraction of sp³-hybridized carbons (Fsp3) is 0.583. The molecule has 102 valence electrons. The van der Waals surface area contributed by atoms with Crippen molar-refractivity contribution in [3.8, 4) is 5.88 Å². The first-order chi connectivity index (χ1) is 9.35. The number of fused-ring (bicyclic) bond motifs is 1. The van der Waals surface area contributed by atoms with Gasteiger partial charge in [0.2, 0.25) is 5.88 Å². The normalized spacial score (nSPS) is 19.8. The van der Waals surface area contributed by atoms with Crippen molar-refractivity contribution in [1.29, 1.82) is 0 Å². The third kappa shape index (κ3) is 2.15. The quantitative estimate of drug-likeness (QED) is 0.805. The lowest BCUT2D eigenvalue weighted by molar-refractivity contribution is 0.0595. The van der Waals surface area contributed by atoms with Crippen molar-refractivity contribution >= 4 is 22.8 Å². The van der Waals surface area contributed by atoms with E-state index in [0.717, 1.165) is 30.9 Å². The molecule has 6 nitrogen and oxygen atoms in total. The van der Waals surface area contributed by atoms with Crippen LogP contribution in [0.3, 0.4) is 0 Å². The standard InChI is InChI=1S/C12H15ClN4O2/c1-18-12-10-11(14-7-15-12)17(9(5-13)16-10)8-3-2-4-19-6-8/h7-8H,2-6H2,1H3. The highest BCUT2D eigenvalue weighted by atomic mass is 35.5. The minimum Gasteiger partial charge on any atom is -0.479 e. The molecule has 2 aromatic rings. The third-order valence-corrected chi connectivity index (χ3v) is 3.57. The van der Waals surface area contributed by atoms with Gasteiger partial charge in [-0.25, -0.2) is 9.97 Å². The Labute approximate surface area is 115 Å². The monoisotopic (exact) mass is 282 g/mol. The maximum absolute atomic E-state index is 6.01. The molecule has 0 amide bonds. The van der Waals surface area contributed by atoms with Gasteiger partial charge in [0.15, 0.2) is 11.2 Å². The zero-order chi connectivity index (χ0) is 13.2. The van der Waals surface area contributed by atoms with Crippen LogP contribution in [0.2, 0.25) is 0 Å². The Morgan fingerprint density at radius 3 is 3.11 bits per heavy atom. The summed E-state index contributed by atoms with van der Waals surface area (Å²) in [6, 6.07) is 0.229. The number of halogens is 1. The molecule has 7 heteroatoms. The number of hydrogen-bond acceptors (Lipinski definition) is 5. The zero-order valence-corrected chi connectivity index (χ0v) is 11.4. The molecular formula is C12H15ClN4O2. The molecule has 0 spiro atoms. The van der Waals surface area contributed by atoms with E-state index in [9.17, 15) is 0 Å². The van der Waals surface area contributed by atoms with Crippen LogP contribution in [0, 0.1) is 0 Å². The lowest BCUT2D eigenvalue weighted by atomic mass is 10.1. The van der Waals surface area contributed by atoms with Crippen LogP contribution in [-0.2, 0) is 10.6 Å². The molecule has 0 radical (unpaired) electrons. The Kier molecular flexibility index (Phi) is 3.52. The van der Waals surface area contributed by atoms with Crippen LogP contribution in [0.5, 0.6) is 5.88 Å². The molecule has 3 rings (SSSR count). The number of hydrogen-bond donors (Lipinski definition) is 0. The van der Waals surface area contributed by atoms with Gasteiger partial charge >= 0.3 is 0 Å². The molecule has 2 aromatic heterocycles. The number of alkyl halides is 1. The van der Waals surface area contributed by atoms with E-state index in [1.807, 2.05) is 0 Å². The molecular weight excluding hydrogens is 268 g/mol. The summed E-state index contributed by atoms with van der Waals surface area (Å²) in [6.45, 7) is 1.49. The maximum atomic E-state index is 6.01. The van der Waals surface area contributed by atoms with Gasteiger partial charge in [0.05, 0.1) is 25.6 Å². The van der Waals surface area contributed by atoms with E-state index < -0.39 is 0 Å². The van der Waals surface area contributed by atoms with E-state index in [-0.39, 0.29) is 6.04 Å². The number of nitrogens with zero attached hydrogens (tertiary/aromatic N) is 4. The minimum absolute atomic E-state index is 0.229. The predicted octanol–water partition coefficient (Wildman–Crippen LogP) is 1.93. The largest absolute Gasteiger partial charge is 0.479 e. The van der Waals surface area contributed by atoms with Crippen molar-refractivity contribution in [3.05, 3.63) is 12.2 Å². The van der Waals surface area contributed by atoms with E-state index in [2.05, 4.69) is 19.5 Å². The molecule has 3 heterocycles. The fourth-order valence-corrected chi connectivity index (χ4v) is 2.68. The molecule has 0 aliphatic carbocycles. The highest BCUT2D eigenvalue weighted by molar-refractivity contribution is 6.16. The summed E-state index contributed by atoms with van der Waals surface area (Å²) in [5, 5.41) is 0. The first kappa shape index (κ1) is 12.6. The van der Waals surface area contributed by atoms with Gasteiger partial charge in [-0.15, -0.1) is 11.6 Å². The van der Waals surface area contributed by atoms with Crippen molar-refractivity contribution in [3.63, 3.8) is 0 Å². The summed E-state index contributed by atoms with van der Waals surface area (Å²) in [4.78, 5) is 12.9. The Hall–Kier alpha value is -1.40. The lowest BCUT2D eigenvalue weighted by Crippen LogP contribution is -2.22. The van der Waals surface area contributed by atoms with Crippen molar-refractivity contribution in [2.45, 2.75) is 24.8 Å². The Morgan fingerprint density at radius 1 is 1.53 bits per heavy atom. The van der Waals surface area contributed by atoms with Crippen LogP contribution in [0.1, 0.15) is 24.7 Å². The van der Waals surface area contributed by atoms with Crippen LogP contribution >= 0.6 is 11.6 Å². The molecule has 0 saturated carbocycles. The van der Waals surface area contributed by atoms with Crippen LogP contribution in [0.4, 0.5) is 0 Å². The van der Waals surface area contributed by atoms with Gasteiger partial charge < -0.3 is 14.0 Å². The summed E-state index contributed by atoms with van der Waals surface area (Å²) in [6.07, 6.45) is 3.57. The number of aromatic nitrogens is 4. The van der Waals surface area contributed by atoms with Gasteiger partial charge in [0.1, 0.15) is 12.2 Å². The second kappa shape index (κ2) is 5.30. The minimum atomic E-state index is 0.229. The first-order valence-electron chi connectivity index (χ1n) is 6.24. The molecule has 1 aliphatic heterocycles. The van der Waals surface area contributed by atoms with Gasteiger partial charge in [-0.05, 0) is 12.8 Å². The van der Waals surface area contributed by atoms with Crippen LogP contribution < -0.4 is 4.74 Å². The summed E-state index contributed by atoms with van der Waals surface area (Å²) in [5.41, 5.74) is 1.42. The van der Waals surface area contributed by atoms with Crippen molar-refractivity contribution in [1.82, 2.24) is 19.5 Å². The molecule has 1 fully saturated rings. The second-order valence-electron chi connectivity index (χ2n) is 4.46. The first-order valence-corrected chi connectivity index (χ1v) is 6.78. The molecule has 1 saturated heterocycles. The van der Waals surface area contributed by atoms with Crippen molar-refractivity contribution < 1.29 is 9.47 Å². The molecule has 1 unspecified atom stereocenters. The lowest BCUT2D eigenvalue weighted by Gasteiger charge is -2.24. The van der Waals surface area contributed by atoms with Gasteiger partial charge in [0, 0.05) is 6.61 Å². The van der Waals surface area contributed by atoms with E-state index in [1.165, 1.54) is 6.33 Å². The summed E-state index contributed by atoms with van der Waals surface area (Å²) >= 11 is 6.01. The van der Waals surface area contributed by atoms with E-state index >= 15 is 0 Å².